The summed E-state index contributed by atoms with van der Waals surface area (Å²) < 4.78 is 5.84. The first kappa shape index (κ1) is 13.0. The number of hydrogen-bond donors (Lipinski definition) is 1. The Morgan fingerprint density at radius 2 is 2.00 bits per heavy atom. The molecule has 0 saturated carbocycles. The van der Waals surface area contributed by atoms with E-state index in [1.54, 1.807) is 0 Å². The largest absolute Gasteiger partial charge is 0.489 e. The summed E-state index contributed by atoms with van der Waals surface area (Å²) in [6.45, 7) is 10.5. The third-order valence-corrected chi connectivity index (χ3v) is 2.54. The first-order chi connectivity index (χ1) is 7.63. The molecule has 16 heavy (non-hydrogen) atoms. The first-order valence-electron chi connectivity index (χ1n) is 6.10. The fourth-order valence-electron chi connectivity index (χ4n) is 1.57. The van der Waals surface area contributed by atoms with E-state index in [4.69, 9.17) is 4.74 Å². The van der Waals surface area contributed by atoms with Crippen molar-refractivity contribution in [2.45, 2.75) is 39.7 Å². The lowest BCUT2D eigenvalue weighted by molar-refractivity contribution is 0.218. The number of rotatable bonds is 6. The predicted molar refractivity (Wildman–Crippen MR) is 69.2 cm³/mol. The Balaban J connectivity index is 2.56. The van der Waals surface area contributed by atoms with Gasteiger partial charge in [0.15, 0.2) is 0 Å². The van der Waals surface area contributed by atoms with Crippen molar-refractivity contribution in [3.8, 4) is 5.75 Å². The summed E-state index contributed by atoms with van der Waals surface area (Å²) in [7, 11) is 0. The average Bonchev–Trinajstić information content (AvgIpc) is 2.26. The van der Waals surface area contributed by atoms with Crippen LogP contribution in [0.3, 0.4) is 0 Å². The van der Waals surface area contributed by atoms with E-state index in [2.05, 4.69) is 51.2 Å². The molecule has 90 valence electrons. The SMILES string of the molecule is CCNCC(C)Oc1cccc(C(C)C)c1. The lowest BCUT2D eigenvalue weighted by Gasteiger charge is -2.16. The smallest absolute Gasteiger partial charge is 0.120 e. The second kappa shape index (κ2) is 6.54. The van der Waals surface area contributed by atoms with E-state index in [9.17, 15) is 0 Å². The minimum Gasteiger partial charge on any atom is -0.489 e. The van der Waals surface area contributed by atoms with Crippen LogP contribution < -0.4 is 10.1 Å². The summed E-state index contributed by atoms with van der Waals surface area (Å²) in [6, 6.07) is 8.36. The van der Waals surface area contributed by atoms with Gasteiger partial charge in [0, 0.05) is 6.54 Å². The maximum absolute atomic E-state index is 5.84. The van der Waals surface area contributed by atoms with Crippen molar-refractivity contribution in [2.24, 2.45) is 0 Å². The second-order valence-electron chi connectivity index (χ2n) is 4.46. The van der Waals surface area contributed by atoms with Crippen molar-refractivity contribution < 1.29 is 4.74 Å². The molecule has 0 aliphatic carbocycles. The Labute approximate surface area is 99.0 Å². The van der Waals surface area contributed by atoms with Gasteiger partial charge in [0.1, 0.15) is 11.9 Å². The molecule has 0 amide bonds. The van der Waals surface area contributed by atoms with Gasteiger partial charge in [-0.25, -0.2) is 0 Å². The number of ether oxygens (including phenoxy) is 1. The van der Waals surface area contributed by atoms with Crippen molar-refractivity contribution in [3.63, 3.8) is 0 Å². The summed E-state index contributed by atoms with van der Waals surface area (Å²) in [5, 5.41) is 3.28. The van der Waals surface area contributed by atoms with Gasteiger partial charge in [-0.1, -0.05) is 32.9 Å². The van der Waals surface area contributed by atoms with Crippen molar-refractivity contribution in [1.29, 1.82) is 0 Å². The van der Waals surface area contributed by atoms with Crippen LogP contribution in [0, 0.1) is 0 Å². The maximum Gasteiger partial charge on any atom is 0.120 e. The maximum atomic E-state index is 5.84. The molecule has 0 spiro atoms. The van der Waals surface area contributed by atoms with Gasteiger partial charge in [-0.3, -0.25) is 0 Å². The molecule has 0 heterocycles. The van der Waals surface area contributed by atoms with Crippen molar-refractivity contribution in [3.05, 3.63) is 29.8 Å². The number of hydrogen-bond acceptors (Lipinski definition) is 2. The molecule has 1 aromatic carbocycles. The van der Waals surface area contributed by atoms with E-state index in [1.807, 2.05) is 6.07 Å². The van der Waals surface area contributed by atoms with Gasteiger partial charge < -0.3 is 10.1 Å². The zero-order valence-electron chi connectivity index (χ0n) is 10.8. The van der Waals surface area contributed by atoms with Crippen LogP contribution in [0.1, 0.15) is 39.2 Å². The second-order valence-corrected chi connectivity index (χ2v) is 4.46. The number of likely N-dealkylation sites (N-methyl/N-ethyl adjacent to an activating group) is 1. The first-order valence-corrected chi connectivity index (χ1v) is 6.10. The Morgan fingerprint density at radius 3 is 2.62 bits per heavy atom. The molecule has 0 aliphatic heterocycles. The average molecular weight is 221 g/mol. The van der Waals surface area contributed by atoms with Crippen molar-refractivity contribution >= 4 is 0 Å². The highest BCUT2D eigenvalue weighted by atomic mass is 16.5. The normalized spacial score (nSPS) is 12.8. The zero-order valence-corrected chi connectivity index (χ0v) is 10.8. The molecule has 0 aromatic heterocycles. The Morgan fingerprint density at radius 1 is 1.25 bits per heavy atom. The summed E-state index contributed by atoms with van der Waals surface area (Å²) in [5.74, 6) is 1.52. The molecular formula is C14H23NO. The predicted octanol–water partition coefficient (Wildman–Crippen LogP) is 3.19. The van der Waals surface area contributed by atoms with Crippen LogP contribution in [0.2, 0.25) is 0 Å². The number of nitrogens with one attached hydrogen (secondary N) is 1. The van der Waals surface area contributed by atoms with Gasteiger partial charge in [-0.15, -0.1) is 0 Å². The van der Waals surface area contributed by atoms with Crippen LogP contribution in [-0.4, -0.2) is 19.2 Å². The molecule has 0 aliphatic rings. The van der Waals surface area contributed by atoms with E-state index >= 15 is 0 Å². The number of benzene rings is 1. The summed E-state index contributed by atoms with van der Waals surface area (Å²) in [5.41, 5.74) is 1.33. The molecule has 0 bridgehead atoms. The van der Waals surface area contributed by atoms with Crippen LogP contribution in [0.25, 0.3) is 0 Å². The van der Waals surface area contributed by atoms with Gasteiger partial charge in [-0.2, -0.15) is 0 Å². The van der Waals surface area contributed by atoms with E-state index in [1.165, 1.54) is 5.56 Å². The van der Waals surface area contributed by atoms with Crippen LogP contribution >= 0.6 is 0 Å². The van der Waals surface area contributed by atoms with Crippen LogP contribution in [0.15, 0.2) is 24.3 Å². The minimum absolute atomic E-state index is 0.211. The third-order valence-electron chi connectivity index (χ3n) is 2.54. The van der Waals surface area contributed by atoms with Crippen LogP contribution in [0.5, 0.6) is 5.75 Å². The van der Waals surface area contributed by atoms with Crippen LogP contribution in [0.4, 0.5) is 0 Å². The molecular weight excluding hydrogens is 198 g/mol. The molecule has 1 unspecified atom stereocenters. The Hall–Kier alpha value is -1.02. The molecule has 0 fully saturated rings. The Kier molecular flexibility index (Phi) is 5.33. The van der Waals surface area contributed by atoms with E-state index in [-0.39, 0.29) is 6.10 Å². The van der Waals surface area contributed by atoms with Crippen LogP contribution in [-0.2, 0) is 0 Å². The topological polar surface area (TPSA) is 21.3 Å². The monoisotopic (exact) mass is 221 g/mol. The lowest BCUT2D eigenvalue weighted by Crippen LogP contribution is -2.28. The van der Waals surface area contributed by atoms with E-state index in [0.29, 0.717) is 5.92 Å². The fraction of sp³-hybridized carbons (Fsp3) is 0.571. The molecule has 2 nitrogen and oxygen atoms in total. The highest BCUT2D eigenvalue weighted by Crippen LogP contribution is 2.20. The zero-order chi connectivity index (χ0) is 12.0. The highest BCUT2D eigenvalue weighted by molar-refractivity contribution is 5.30. The fourth-order valence-corrected chi connectivity index (χ4v) is 1.57. The highest BCUT2D eigenvalue weighted by Gasteiger charge is 2.05. The minimum atomic E-state index is 0.211. The Bertz CT molecular complexity index is 309. The van der Waals surface area contributed by atoms with Crippen molar-refractivity contribution in [2.75, 3.05) is 13.1 Å². The molecule has 1 rings (SSSR count). The molecule has 1 N–H and O–H groups in total. The lowest BCUT2D eigenvalue weighted by atomic mass is 10.0. The third kappa shape index (κ3) is 4.23. The summed E-state index contributed by atoms with van der Waals surface area (Å²) in [4.78, 5) is 0. The molecule has 2 heteroatoms. The van der Waals surface area contributed by atoms with Gasteiger partial charge in [0.25, 0.3) is 0 Å². The van der Waals surface area contributed by atoms with Gasteiger partial charge >= 0.3 is 0 Å². The van der Waals surface area contributed by atoms with Gasteiger partial charge in [0.05, 0.1) is 0 Å². The summed E-state index contributed by atoms with van der Waals surface area (Å²) in [6.07, 6.45) is 0.211. The van der Waals surface area contributed by atoms with Crippen molar-refractivity contribution in [1.82, 2.24) is 5.32 Å². The summed E-state index contributed by atoms with van der Waals surface area (Å²) >= 11 is 0. The molecule has 1 atom stereocenters. The molecule has 1 aromatic rings. The van der Waals surface area contributed by atoms with Gasteiger partial charge in [0.2, 0.25) is 0 Å². The van der Waals surface area contributed by atoms with E-state index < -0.39 is 0 Å². The molecule has 0 saturated heterocycles. The standard InChI is InChI=1S/C14H23NO/c1-5-15-10-12(4)16-14-8-6-7-13(9-14)11(2)3/h6-9,11-12,15H,5,10H2,1-4H3. The van der Waals surface area contributed by atoms with Gasteiger partial charge in [-0.05, 0) is 37.1 Å². The van der Waals surface area contributed by atoms with E-state index in [0.717, 1.165) is 18.8 Å². The molecule has 0 radical (unpaired) electrons. The quantitative estimate of drug-likeness (QED) is 0.796.